The molecule has 0 unspecified atom stereocenters. The smallest absolute Gasteiger partial charge is 0.143 e. The summed E-state index contributed by atoms with van der Waals surface area (Å²) in [6.45, 7) is 3.51. The molecule has 1 aliphatic heterocycles. The SMILES string of the molecule is B[C@H]1O[C@@H](CO)C(=C)[C@@H]1O. The van der Waals surface area contributed by atoms with Crippen molar-refractivity contribution in [2.24, 2.45) is 0 Å². The first-order valence-corrected chi connectivity index (χ1v) is 3.30. The number of hydrogen-bond donors (Lipinski definition) is 2. The van der Waals surface area contributed by atoms with Crippen molar-refractivity contribution in [3.63, 3.8) is 0 Å². The van der Waals surface area contributed by atoms with E-state index in [0.717, 1.165) is 0 Å². The molecule has 1 saturated heterocycles. The van der Waals surface area contributed by atoms with E-state index >= 15 is 0 Å². The van der Waals surface area contributed by atoms with Crippen LogP contribution in [0.1, 0.15) is 0 Å². The Balaban J connectivity index is 2.62. The highest BCUT2D eigenvalue weighted by atomic mass is 16.5. The molecule has 4 heteroatoms. The molecule has 1 heterocycles. The van der Waals surface area contributed by atoms with E-state index in [2.05, 4.69) is 6.58 Å². The minimum atomic E-state index is -0.614. The molecule has 3 nitrogen and oxygen atoms in total. The van der Waals surface area contributed by atoms with Gasteiger partial charge >= 0.3 is 0 Å². The Bertz CT molecular complexity index is 148. The van der Waals surface area contributed by atoms with E-state index in [1.807, 2.05) is 0 Å². The Morgan fingerprint density at radius 1 is 1.70 bits per heavy atom. The molecule has 2 N–H and O–H groups in total. The zero-order valence-corrected chi connectivity index (χ0v) is 5.95. The van der Waals surface area contributed by atoms with Gasteiger partial charge in [0.2, 0.25) is 0 Å². The first-order chi connectivity index (χ1) is 4.66. The fraction of sp³-hybridized carbons (Fsp3) is 0.667. The van der Waals surface area contributed by atoms with Crippen molar-refractivity contribution in [1.82, 2.24) is 0 Å². The third-order valence-electron chi connectivity index (χ3n) is 1.78. The van der Waals surface area contributed by atoms with Crippen molar-refractivity contribution in [3.8, 4) is 0 Å². The normalized spacial score (nSPS) is 40.6. The van der Waals surface area contributed by atoms with Crippen LogP contribution >= 0.6 is 0 Å². The van der Waals surface area contributed by atoms with Crippen LogP contribution in [-0.4, -0.2) is 42.9 Å². The molecule has 56 valence electrons. The zero-order valence-electron chi connectivity index (χ0n) is 5.95. The Kier molecular flexibility index (Phi) is 2.13. The summed E-state index contributed by atoms with van der Waals surface area (Å²) in [6.07, 6.45) is -0.984. The van der Waals surface area contributed by atoms with Crippen molar-refractivity contribution in [2.45, 2.75) is 18.2 Å². The molecule has 0 amide bonds. The molecule has 1 rings (SSSR count). The van der Waals surface area contributed by atoms with Gasteiger partial charge in [-0.3, -0.25) is 0 Å². The number of aliphatic hydroxyl groups excluding tert-OH is 2. The fourth-order valence-corrected chi connectivity index (χ4v) is 1.07. The number of hydrogen-bond acceptors (Lipinski definition) is 3. The fourth-order valence-electron chi connectivity index (χ4n) is 1.07. The van der Waals surface area contributed by atoms with Crippen LogP contribution in [0.25, 0.3) is 0 Å². The van der Waals surface area contributed by atoms with Gasteiger partial charge in [0.1, 0.15) is 14.0 Å². The van der Waals surface area contributed by atoms with Crippen molar-refractivity contribution in [2.75, 3.05) is 6.61 Å². The van der Waals surface area contributed by atoms with Crippen LogP contribution in [0, 0.1) is 0 Å². The van der Waals surface area contributed by atoms with Crippen LogP contribution < -0.4 is 0 Å². The van der Waals surface area contributed by atoms with Gasteiger partial charge in [-0.25, -0.2) is 0 Å². The highest BCUT2D eigenvalue weighted by molar-refractivity contribution is 6.12. The largest absolute Gasteiger partial charge is 0.393 e. The third kappa shape index (κ3) is 1.10. The van der Waals surface area contributed by atoms with Gasteiger partial charge in [-0.1, -0.05) is 6.58 Å². The van der Waals surface area contributed by atoms with Crippen LogP contribution in [0.4, 0.5) is 0 Å². The summed E-state index contributed by atoms with van der Waals surface area (Å²) in [5.41, 5.74) is 0.579. The maximum atomic E-state index is 9.23. The second kappa shape index (κ2) is 2.74. The molecule has 1 aliphatic rings. The summed E-state index contributed by atoms with van der Waals surface area (Å²) >= 11 is 0. The highest BCUT2D eigenvalue weighted by Gasteiger charge is 2.33. The van der Waals surface area contributed by atoms with Gasteiger partial charge in [0.25, 0.3) is 0 Å². The van der Waals surface area contributed by atoms with Gasteiger partial charge in [-0.15, -0.1) is 0 Å². The Morgan fingerprint density at radius 2 is 2.30 bits per heavy atom. The van der Waals surface area contributed by atoms with Crippen molar-refractivity contribution in [3.05, 3.63) is 12.2 Å². The number of aliphatic hydroxyl groups is 2. The quantitative estimate of drug-likeness (QED) is 0.337. The van der Waals surface area contributed by atoms with Crippen LogP contribution in [0.15, 0.2) is 12.2 Å². The van der Waals surface area contributed by atoms with Crippen LogP contribution in [0.2, 0.25) is 0 Å². The highest BCUT2D eigenvalue weighted by Crippen LogP contribution is 2.22. The van der Waals surface area contributed by atoms with E-state index in [0.29, 0.717) is 5.57 Å². The summed E-state index contributed by atoms with van der Waals surface area (Å²) in [6, 6.07) is -0.232. The van der Waals surface area contributed by atoms with Crippen molar-refractivity contribution >= 4 is 7.85 Å². The molecule has 3 atom stereocenters. The van der Waals surface area contributed by atoms with E-state index in [-0.39, 0.29) is 18.7 Å². The minimum absolute atomic E-state index is 0.0970. The van der Waals surface area contributed by atoms with Crippen molar-refractivity contribution in [1.29, 1.82) is 0 Å². The molecule has 0 bridgehead atoms. The van der Waals surface area contributed by atoms with E-state index < -0.39 is 6.10 Å². The summed E-state index contributed by atoms with van der Waals surface area (Å²) in [4.78, 5) is 0. The Labute approximate surface area is 60.7 Å². The van der Waals surface area contributed by atoms with Gasteiger partial charge < -0.3 is 14.9 Å². The first-order valence-electron chi connectivity index (χ1n) is 3.30. The molecular weight excluding hydrogens is 131 g/mol. The van der Waals surface area contributed by atoms with Gasteiger partial charge in [-0.2, -0.15) is 0 Å². The molecule has 1 fully saturated rings. The summed E-state index contributed by atoms with van der Waals surface area (Å²) in [5, 5.41) is 17.9. The molecule has 0 saturated carbocycles. The van der Waals surface area contributed by atoms with E-state index in [4.69, 9.17) is 9.84 Å². The molecule has 0 aliphatic carbocycles. The average molecular weight is 142 g/mol. The lowest BCUT2D eigenvalue weighted by molar-refractivity contribution is 0.0336. The molecule has 0 aromatic rings. The van der Waals surface area contributed by atoms with Crippen LogP contribution in [-0.2, 0) is 4.74 Å². The first kappa shape index (κ1) is 7.79. The molecule has 10 heavy (non-hydrogen) atoms. The Morgan fingerprint density at radius 3 is 2.50 bits per heavy atom. The predicted molar refractivity (Wildman–Crippen MR) is 39.4 cm³/mol. The molecule has 0 aromatic carbocycles. The predicted octanol–water partition coefficient (Wildman–Crippen LogP) is -1.75. The number of ether oxygens (including phenoxy) is 1. The second-order valence-corrected chi connectivity index (χ2v) is 2.53. The van der Waals surface area contributed by atoms with Gasteiger partial charge in [0.05, 0.1) is 18.7 Å². The van der Waals surface area contributed by atoms with E-state index in [9.17, 15) is 5.11 Å². The average Bonchev–Trinajstić information content (AvgIpc) is 2.17. The van der Waals surface area contributed by atoms with E-state index in [1.165, 1.54) is 0 Å². The van der Waals surface area contributed by atoms with Crippen molar-refractivity contribution < 1.29 is 14.9 Å². The minimum Gasteiger partial charge on any atom is -0.393 e. The van der Waals surface area contributed by atoms with Crippen LogP contribution in [0.3, 0.4) is 0 Å². The lowest BCUT2D eigenvalue weighted by Crippen LogP contribution is -2.21. The Hall–Kier alpha value is -0.315. The summed E-state index contributed by atoms with van der Waals surface area (Å²) in [7, 11) is 1.76. The van der Waals surface area contributed by atoms with Gasteiger partial charge in [0, 0.05) is 0 Å². The standard InChI is InChI=1S/C6H11BO3/c1-3-4(2-8)10-6(7)5(3)9/h4-6,8-9H,1-2,7H2/t4-,5-,6-/m0/s1. The maximum Gasteiger partial charge on any atom is 0.143 e. The lowest BCUT2D eigenvalue weighted by Gasteiger charge is -2.05. The van der Waals surface area contributed by atoms with E-state index in [1.54, 1.807) is 7.85 Å². The maximum absolute atomic E-state index is 9.23. The molecule has 0 radical (unpaired) electrons. The summed E-state index contributed by atoms with van der Waals surface area (Å²) < 4.78 is 5.14. The lowest BCUT2D eigenvalue weighted by atomic mass is 9.92. The second-order valence-electron chi connectivity index (χ2n) is 2.53. The summed E-state index contributed by atoms with van der Waals surface area (Å²) in [5.74, 6) is 0. The topological polar surface area (TPSA) is 49.7 Å². The molecule has 0 aromatic heterocycles. The third-order valence-corrected chi connectivity index (χ3v) is 1.78. The van der Waals surface area contributed by atoms with Crippen LogP contribution in [0.5, 0.6) is 0 Å². The van der Waals surface area contributed by atoms with Gasteiger partial charge in [0.15, 0.2) is 0 Å². The zero-order chi connectivity index (χ0) is 7.72. The monoisotopic (exact) mass is 142 g/mol. The molecular formula is C6H11BO3. The molecule has 0 spiro atoms. The number of rotatable bonds is 1. The van der Waals surface area contributed by atoms with Gasteiger partial charge in [-0.05, 0) is 5.57 Å².